The second-order valence-electron chi connectivity index (χ2n) is 6.58. The van der Waals surface area contributed by atoms with E-state index in [0.717, 1.165) is 13.0 Å². The Morgan fingerprint density at radius 2 is 1.96 bits per heavy atom. The first kappa shape index (κ1) is 15.1. The molecule has 1 fully saturated rings. The second kappa shape index (κ2) is 6.21. The van der Waals surface area contributed by atoms with E-state index in [1.54, 1.807) is 11.8 Å². The molecule has 0 aliphatic carbocycles. The average Bonchev–Trinajstić information content (AvgIpc) is 2.61. The molecule has 2 aliphatic rings. The highest BCUT2D eigenvalue weighted by Crippen LogP contribution is 2.49. The van der Waals surface area contributed by atoms with Crippen LogP contribution in [0.1, 0.15) is 41.7 Å². The molecule has 0 bridgehead atoms. The van der Waals surface area contributed by atoms with Crippen LogP contribution in [0.3, 0.4) is 0 Å². The molecular formula is C20H23NOS. The molecule has 0 radical (unpaired) electrons. The number of rotatable bonds is 2. The fourth-order valence-electron chi connectivity index (χ4n) is 3.93. The minimum Gasteiger partial charge on any atom is -0.378 e. The first-order chi connectivity index (χ1) is 11.3. The summed E-state index contributed by atoms with van der Waals surface area (Å²) in [7, 11) is 0. The molecule has 2 nitrogen and oxygen atoms in total. The lowest BCUT2D eigenvalue weighted by molar-refractivity contribution is -0.0381. The molecule has 1 N–H and O–H groups in total. The fourth-order valence-corrected chi connectivity index (χ4v) is 4.34. The van der Waals surface area contributed by atoms with Crippen LogP contribution in [-0.4, -0.2) is 12.9 Å². The van der Waals surface area contributed by atoms with Crippen LogP contribution >= 0.6 is 11.8 Å². The van der Waals surface area contributed by atoms with Gasteiger partial charge in [-0.1, -0.05) is 29.8 Å². The highest BCUT2D eigenvalue weighted by molar-refractivity contribution is 7.98. The van der Waals surface area contributed by atoms with E-state index in [1.807, 2.05) is 0 Å². The Labute approximate surface area is 142 Å². The molecule has 0 unspecified atom stereocenters. The Kier molecular flexibility index (Phi) is 4.08. The van der Waals surface area contributed by atoms with Crippen molar-refractivity contribution >= 4 is 17.4 Å². The number of benzene rings is 2. The fraction of sp³-hybridized carbons (Fsp3) is 0.400. The summed E-state index contributed by atoms with van der Waals surface area (Å²) in [4.78, 5) is 1.32. The standard InChI is InChI=1S/C20H23NOS/c1-13-5-10-18-17(12-13)20-16(4-3-11-22-20)19(21-18)14-6-8-15(23-2)9-7-14/h5-10,12,16,19-21H,3-4,11H2,1-2H3/t16-,19+,20-/m0/s1. The highest BCUT2D eigenvalue weighted by Gasteiger charge is 2.39. The Morgan fingerprint density at radius 1 is 1.13 bits per heavy atom. The van der Waals surface area contributed by atoms with Crippen LogP contribution in [-0.2, 0) is 4.74 Å². The molecule has 0 saturated carbocycles. The molecule has 2 aliphatic heterocycles. The maximum Gasteiger partial charge on any atom is 0.0895 e. The highest BCUT2D eigenvalue weighted by atomic mass is 32.2. The van der Waals surface area contributed by atoms with Crippen LogP contribution in [0.25, 0.3) is 0 Å². The summed E-state index contributed by atoms with van der Waals surface area (Å²) in [5, 5.41) is 3.79. The summed E-state index contributed by atoms with van der Waals surface area (Å²) in [5.74, 6) is 0.512. The van der Waals surface area contributed by atoms with Crippen LogP contribution < -0.4 is 5.32 Å². The Hall–Kier alpha value is -1.45. The van der Waals surface area contributed by atoms with Crippen molar-refractivity contribution in [1.82, 2.24) is 0 Å². The zero-order valence-electron chi connectivity index (χ0n) is 13.7. The maximum atomic E-state index is 6.22. The summed E-state index contributed by atoms with van der Waals surface area (Å²) in [5.41, 5.74) is 5.25. The summed E-state index contributed by atoms with van der Waals surface area (Å²) < 4.78 is 6.22. The lowest BCUT2D eigenvalue weighted by atomic mass is 9.77. The Balaban J connectivity index is 1.73. The molecule has 2 heterocycles. The first-order valence-corrected chi connectivity index (χ1v) is 9.61. The monoisotopic (exact) mass is 325 g/mol. The predicted octanol–water partition coefficient (Wildman–Crippen LogP) is 5.35. The van der Waals surface area contributed by atoms with E-state index < -0.39 is 0 Å². The maximum absolute atomic E-state index is 6.22. The Bertz CT molecular complexity index is 697. The van der Waals surface area contributed by atoms with Crippen molar-refractivity contribution in [2.45, 2.75) is 36.8 Å². The van der Waals surface area contributed by atoms with Gasteiger partial charge in [0.05, 0.1) is 12.1 Å². The van der Waals surface area contributed by atoms with E-state index in [4.69, 9.17) is 4.74 Å². The molecule has 2 aromatic rings. The number of ether oxygens (including phenoxy) is 1. The lowest BCUT2D eigenvalue weighted by Gasteiger charge is -2.43. The normalized spacial score (nSPS) is 26.1. The summed E-state index contributed by atoms with van der Waals surface area (Å²) in [6, 6.07) is 16.0. The lowest BCUT2D eigenvalue weighted by Crippen LogP contribution is -2.36. The number of fused-ring (bicyclic) bond motifs is 3. The first-order valence-electron chi connectivity index (χ1n) is 8.39. The van der Waals surface area contributed by atoms with Gasteiger partial charge in [-0.2, -0.15) is 0 Å². The van der Waals surface area contributed by atoms with Gasteiger partial charge in [-0.3, -0.25) is 0 Å². The zero-order valence-corrected chi connectivity index (χ0v) is 14.5. The molecule has 0 spiro atoms. The molecule has 23 heavy (non-hydrogen) atoms. The third kappa shape index (κ3) is 2.77. The van der Waals surface area contributed by atoms with E-state index in [2.05, 4.69) is 61.0 Å². The Morgan fingerprint density at radius 3 is 2.74 bits per heavy atom. The van der Waals surface area contributed by atoms with Crippen molar-refractivity contribution in [1.29, 1.82) is 0 Å². The van der Waals surface area contributed by atoms with E-state index in [9.17, 15) is 0 Å². The van der Waals surface area contributed by atoms with Crippen LogP contribution in [0.15, 0.2) is 47.4 Å². The molecule has 3 heteroatoms. The molecular weight excluding hydrogens is 302 g/mol. The summed E-state index contributed by atoms with van der Waals surface area (Å²) in [6.45, 7) is 3.04. The largest absolute Gasteiger partial charge is 0.378 e. The summed E-state index contributed by atoms with van der Waals surface area (Å²) >= 11 is 1.79. The third-order valence-corrected chi connectivity index (χ3v) is 5.84. The minimum atomic E-state index is 0.227. The van der Waals surface area contributed by atoms with Crippen molar-refractivity contribution in [3.05, 3.63) is 59.2 Å². The van der Waals surface area contributed by atoms with Gasteiger partial charge in [0.25, 0.3) is 0 Å². The number of nitrogens with one attached hydrogen (secondary N) is 1. The van der Waals surface area contributed by atoms with Crippen molar-refractivity contribution in [2.24, 2.45) is 5.92 Å². The van der Waals surface area contributed by atoms with Crippen molar-refractivity contribution in [3.63, 3.8) is 0 Å². The molecule has 2 aromatic carbocycles. The molecule has 0 aromatic heterocycles. The smallest absolute Gasteiger partial charge is 0.0895 e. The SMILES string of the molecule is CSc1ccc([C@H]2Nc3ccc(C)cc3[C@H]3OCCC[C@@H]23)cc1. The van der Waals surface area contributed by atoms with Gasteiger partial charge >= 0.3 is 0 Å². The zero-order chi connectivity index (χ0) is 15.8. The van der Waals surface area contributed by atoms with Gasteiger partial charge in [0.2, 0.25) is 0 Å². The molecule has 4 rings (SSSR count). The summed E-state index contributed by atoms with van der Waals surface area (Å²) in [6.07, 6.45) is 4.73. The quantitative estimate of drug-likeness (QED) is 0.752. The van der Waals surface area contributed by atoms with Gasteiger partial charge in [-0.05, 0) is 49.8 Å². The van der Waals surface area contributed by atoms with Gasteiger partial charge in [-0.25, -0.2) is 0 Å². The third-order valence-electron chi connectivity index (χ3n) is 5.10. The van der Waals surface area contributed by atoms with Crippen molar-refractivity contribution in [2.75, 3.05) is 18.2 Å². The van der Waals surface area contributed by atoms with E-state index in [1.165, 1.54) is 33.7 Å². The molecule has 1 saturated heterocycles. The molecule has 0 amide bonds. The van der Waals surface area contributed by atoms with Gasteiger partial charge in [0.15, 0.2) is 0 Å². The average molecular weight is 325 g/mol. The van der Waals surface area contributed by atoms with Crippen molar-refractivity contribution in [3.8, 4) is 0 Å². The number of thioether (sulfide) groups is 1. The molecule has 120 valence electrons. The van der Waals surface area contributed by atoms with Gasteiger partial charge in [0, 0.05) is 28.7 Å². The van der Waals surface area contributed by atoms with Crippen molar-refractivity contribution < 1.29 is 4.74 Å². The number of hydrogen-bond acceptors (Lipinski definition) is 3. The van der Waals surface area contributed by atoms with Crippen LogP contribution in [0.5, 0.6) is 0 Å². The van der Waals surface area contributed by atoms with E-state index in [0.29, 0.717) is 12.0 Å². The molecule has 3 atom stereocenters. The van der Waals surface area contributed by atoms with E-state index in [-0.39, 0.29) is 6.10 Å². The van der Waals surface area contributed by atoms with Crippen LogP contribution in [0.4, 0.5) is 5.69 Å². The van der Waals surface area contributed by atoms with Crippen LogP contribution in [0.2, 0.25) is 0 Å². The van der Waals surface area contributed by atoms with Gasteiger partial charge in [0.1, 0.15) is 0 Å². The predicted molar refractivity (Wildman–Crippen MR) is 97.2 cm³/mol. The van der Waals surface area contributed by atoms with E-state index >= 15 is 0 Å². The van der Waals surface area contributed by atoms with Crippen LogP contribution in [0, 0.1) is 12.8 Å². The number of hydrogen-bond donors (Lipinski definition) is 1. The number of aryl methyl sites for hydroxylation is 1. The van der Waals surface area contributed by atoms with Gasteiger partial charge < -0.3 is 10.1 Å². The minimum absolute atomic E-state index is 0.227. The number of anilines is 1. The topological polar surface area (TPSA) is 21.3 Å². The van der Waals surface area contributed by atoms with Gasteiger partial charge in [-0.15, -0.1) is 11.8 Å². The second-order valence-corrected chi connectivity index (χ2v) is 7.46.